The third-order valence-electron chi connectivity index (χ3n) is 4.11. The van der Waals surface area contributed by atoms with Crippen molar-refractivity contribution in [2.24, 2.45) is 5.92 Å². The third kappa shape index (κ3) is 3.59. The molecule has 4 heteroatoms. The second-order valence-electron chi connectivity index (χ2n) is 5.55. The van der Waals surface area contributed by atoms with Crippen molar-refractivity contribution in [1.29, 1.82) is 0 Å². The first-order valence-electron chi connectivity index (χ1n) is 7.10. The quantitative estimate of drug-likeness (QED) is 0.867. The molecule has 2 rings (SSSR count). The van der Waals surface area contributed by atoms with Crippen LogP contribution < -0.4 is 0 Å². The van der Waals surface area contributed by atoms with Crippen molar-refractivity contribution in [2.75, 3.05) is 7.05 Å². The number of likely N-dealkylation sites (N-methyl/N-ethyl adjacent to an activating group) is 1. The monoisotopic (exact) mass is 275 g/mol. The van der Waals surface area contributed by atoms with Crippen LogP contribution >= 0.6 is 0 Å². The van der Waals surface area contributed by atoms with Crippen LogP contribution in [0.15, 0.2) is 30.3 Å². The highest BCUT2D eigenvalue weighted by Gasteiger charge is 2.29. The number of aliphatic carboxylic acids is 1. The zero-order chi connectivity index (χ0) is 14.5. The molecule has 1 aliphatic rings. The number of amides is 1. The Kier molecular flexibility index (Phi) is 4.77. The normalized spacial score (nSPS) is 16.2. The molecule has 1 aliphatic carbocycles. The van der Waals surface area contributed by atoms with Crippen LogP contribution in [-0.2, 0) is 16.0 Å². The number of carboxylic acid groups (broad SMARTS) is 1. The summed E-state index contributed by atoms with van der Waals surface area (Å²) in [6, 6.07) is 8.64. The lowest BCUT2D eigenvalue weighted by Gasteiger charge is -2.30. The number of rotatable bonds is 6. The fraction of sp³-hybridized carbons (Fsp3) is 0.500. The van der Waals surface area contributed by atoms with Crippen molar-refractivity contribution in [1.82, 2.24) is 4.90 Å². The lowest BCUT2D eigenvalue weighted by molar-refractivity contribution is -0.149. The lowest BCUT2D eigenvalue weighted by atomic mass is 9.82. The Balaban J connectivity index is 1.99. The van der Waals surface area contributed by atoms with Crippen LogP contribution in [0.2, 0.25) is 0 Å². The van der Waals surface area contributed by atoms with Crippen LogP contribution in [0.25, 0.3) is 0 Å². The van der Waals surface area contributed by atoms with E-state index in [2.05, 4.69) is 0 Å². The Morgan fingerprint density at radius 2 is 1.95 bits per heavy atom. The van der Waals surface area contributed by atoms with E-state index in [1.807, 2.05) is 30.3 Å². The van der Waals surface area contributed by atoms with Crippen molar-refractivity contribution in [3.63, 3.8) is 0 Å². The van der Waals surface area contributed by atoms with Gasteiger partial charge in [0.1, 0.15) is 6.04 Å². The second-order valence-corrected chi connectivity index (χ2v) is 5.55. The van der Waals surface area contributed by atoms with E-state index in [9.17, 15) is 14.7 Å². The number of hydrogen-bond donors (Lipinski definition) is 1. The molecule has 0 spiro atoms. The first-order chi connectivity index (χ1) is 9.58. The van der Waals surface area contributed by atoms with Crippen LogP contribution in [-0.4, -0.2) is 35.0 Å². The van der Waals surface area contributed by atoms with Crippen molar-refractivity contribution in [3.8, 4) is 0 Å². The number of carbonyl (C=O) groups is 2. The Morgan fingerprint density at radius 1 is 1.30 bits per heavy atom. The predicted octanol–water partition coefficient (Wildman–Crippen LogP) is 2.33. The highest BCUT2D eigenvalue weighted by atomic mass is 16.4. The van der Waals surface area contributed by atoms with Gasteiger partial charge in [-0.15, -0.1) is 0 Å². The SMILES string of the molecule is CN(C(=O)CC1CCC1)C(Cc1ccccc1)C(=O)O. The molecular weight excluding hydrogens is 254 g/mol. The zero-order valence-corrected chi connectivity index (χ0v) is 11.8. The summed E-state index contributed by atoms with van der Waals surface area (Å²) in [5, 5.41) is 9.37. The van der Waals surface area contributed by atoms with Gasteiger partial charge in [0.25, 0.3) is 0 Å². The van der Waals surface area contributed by atoms with E-state index in [1.165, 1.54) is 11.3 Å². The molecule has 1 amide bonds. The summed E-state index contributed by atoms with van der Waals surface area (Å²) in [6.07, 6.45) is 4.21. The molecule has 0 heterocycles. The summed E-state index contributed by atoms with van der Waals surface area (Å²) in [6.45, 7) is 0. The summed E-state index contributed by atoms with van der Waals surface area (Å²) in [5.41, 5.74) is 0.934. The van der Waals surface area contributed by atoms with Crippen molar-refractivity contribution in [3.05, 3.63) is 35.9 Å². The summed E-state index contributed by atoms with van der Waals surface area (Å²) in [5.74, 6) is -0.549. The van der Waals surface area contributed by atoms with Crippen molar-refractivity contribution in [2.45, 2.75) is 38.1 Å². The predicted molar refractivity (Wildman–Crippen MR) is 76.3 cm³/mol. The number of carboxylic acids is 1. The zero-order valence-electron chi connectivity index (χ0n) is 11.8. The molecule has 4 nitrogen and oxygen atoms in total. The number of carbonyl (C=O) groups excluding carboxylic acids is 1. The van der Waals surface area contributed by atoms with Gasteiger partial charge in [0.15, 0.2) is 0 Å². The summed E-state index contributed by atoms with van der Waals surface area (Å²) >= 11 is 0. The third-order valence-corrected chi connectivity index (χ3v) is 4.11. The molecule has 1 fully saturated rings. The van der Waals surface area contributed by atoms with Crippen LogP contribution in [0.5, 0.6) is 0 Å². The van der Waals surface area contributed by atoms with Gasteiger partial charge in [-0.1, -0.05) is 36.8 Å². The topological polar surface area (TPSA) is 57.6 Å². The Hall–Kier alpha value is -1.84. The van der Waals surface area contributed by atoms with E-state index in [-0.39, 0.29) is 5.91 Å². The molecule has 1 unspecified atom stereocenters. The van der Waals surface area contributed by atoms with Gasteiger partial charge in [-0.05, 0) is 24.3 Å². The minimum Gasteiger partial charge on any atom is -0.480 e. The fourth-order valence-corrected chi connectivity index (χ4v) is 2.49. The van der Waals surface area contributed by atoms with Gasteiger partial charge in [0.05, 0.1) is 0 Å². The van der Waals surface area contributed by atoms with Gasteiger partial charge in [-0.2, -0.15) is 0 Å². The highest BCUT2D eigenvalue weighted by molar-refractivity contribution is 5.83. The van der Waals surface area contributed by atoms with E-state index in [0.717, 1.165) is 18.4 Å². The average Bonchev–Trinajstić information content (AvgIpc) is 2.40. The molecule has 0 aromatic heterocycles. The Labute approximate surface area is 119 Å². The van der Waals surface area contributed by atoms with Gasteiger partial charge >= 0.3 is 5.97 Å². The maximum Gasteiger partial charge on any atom is 0.326 e. The first kappa shape index (κ1) is 14.6. The van der Waals surface area contributed by atoms with E-state index in [4.69, 9.17) is 0 Å². The maximum atomic E-state index is 12.1. The fourth-order valence-electron chi connectivity index (χ4n) is 2.49. The molecule has 0 aliphatic heterocycles. The molecule has 0 bridgehead atoms. The second kappa shape index (κ2) is 6.55. The Bertz CT molecular complexity index is 468. The van der Waals surface area contributed by atoms with Crippen molar-refractivity contribution >= 4 is 11.9 Å². The smallest absolute Gasteiger partial charge is 0.326 e. The molecule has 1 N–H and O–H groups in total. The lowest BCUT2D eigenvalue weighted by Crippen LogP contribution is -2.44. The molecular formula is C16H21NO3. The number of benzene rings is 1. The van der Waals surface area contributed by atoms with Gasteiger partial charge in [0, 0.05) is 19.9 Å². The van der Waals surface area contributed by atoms with Crippen LogP contribution in [0.4, 0.5) is 0 Å². The van der Waals surface area contributed by atoms with Crippen LogP contribution in [0.3, 0.4) is 0 Å². The first-order valence-corrected chi connectivity index (χ1v) is 7.10. The number of hydrogen-bond acceptors (Lipinski definition) is 2. The molecule has 1 aromatic rings. The minimum atomic E-state index is -0.946. The van der Waals surface area contributed by atoms with Gasteiger partial charge < -0.3 is 10.0 Å². The molecule has 0 saturated heterocycles. The van der Waals surface area contributed by atoms with Crippen LogP contribution in [0, 0.1) is 5.92 Å². The molecule has 20 heavy (non-hydrogen) atoms. The van der Waals surface area contributed by atoms with Crippen LogP contribution in [0.1, 0.15) is 31.2 Å². The summed E-state index contributed by atoms with van der Waals surface area (Å²) in [4.78, 5) is 25.0. The summed E-state index contributed by atoms with van der Waals surface area (Å²) < 4.78 is 0. The van der Waals surface area contributed by atoms with Gasteiger partial charge in [0.2, 0.25) is 5.91 Å². The maximum absolute atomic E-state index is 12.1. The highest BCUT2D eigenvalue weighted by Crippen LogP contribution is 2.30. The molecule has 1 aromatic carbocycles. The molecule has 1 saturated carbocycles. The minimum absolute atomic E-state index is 0.0574. The summed E-state index contributed by atoms with van der Waals surface area (Å²) in [7, 11) is 1.60. The standard InChI is InChI=1S/C16H21NO3/c1-17(15(18)11-13-8-5-9-13)14(16(19)20)10-12-6-3-2-4-7-12/h2-4,6-7,13-14H,5,8-11H2,1H3,(H,19,20). The average molecular weight is 275 g/mol. The Morgan fingerprint density at radius 3 is 2.45 bits per heavy atom. The molecule has 108 valence electrons. The van der Waals surface area contributed by atoms with Gasteiger partial charge in [-0.25, -0.2) is 4.79 Å². The van der Waals surface area contributed by atoms with E-state index in [1.54, 1.807) is 7.05 Å². The number of nitrogens with zero attached hydrogens (tertiary/aromatic N) is 1. The van der Waals surface area contributed by atoms with E-state index in [0.29, 0.717) is 18.8 Å². The van der Waals surface area contributed by atoms with E-state index < -0.39 is 12.0 Å². The van der Waals surface area contributed by atoms with E-state index >= 15 is 0 Å². The van der Waals surface area contributed by atoms with Gasteiger partial charge in [-0.3, -0.25) is 4.79 Å². The largest absolute Gasteiger partial charge is 0.480 e. The molecule has 1 atom stereocenters. The van der Waals surface area contributed by atoms with Crippen molar-refractivity contribution < 1.29 is 14.7 Å². The molecule has 0 radical (unpaired) electrons.